The van der Waals surface area contributed by atoms with Gasteiger partial charge in [0.1, 0.15) is 5.82 Å². The van der Waals surface area contributed by atoms with Gasteiger partial charge in [-0.3, -0.25) is 4.90 Å². The summed E-state index contributed by atoms with van der Waals surface area (Å²) in [6, 6.07) is 5.76. The Labute approximate surface area is 126 Å². The van der Waals surface area contributed by atoms with E-state index in [1.165, 1.54) is 25.5 Å². The Balaban J connectivity index is 1.51. The lowest BCUT2D eigenvalue weighted by Crippen LogP contribution is -2.50. The molecule has 0 radical (unpaired) electrons. The van der Waals surface area contributed by atoms with Crippen molar-refractivity contribution in [1.29, 1.82) is 0 Å². The van der Waals surface area contributed by atoms with E-state index in [-0.39, 0.29) is 5.82 Å². The number of nitrogens with zero attached hydrogens (tertiary/aromatic N) is 2. The predicted molar refractivity (Wildman–Crippen MR) is 81.7 cm³/mol. The predicted octanol–water partition coefficient (Wildman–Crippen LogP) is 2.34. The maximum atomic E-state index is 13.6. The van der Waals surface area contributed by atoms with Gasteiger partial charge in [-0.15, -0.1) is 0 Å². The summed E-state index contributed by atoms with van der Waals surface area (Å²) in [7, 11) is 0. The van der Waals surface area contributed by atoms with Gasteiger partial charge < -0.3 is 10.0 Å². The quantitative estimate of drug-likeness (QED) is 0.923. The molecule has 0 aliphatic carbocycles. The van der Waals surface area contributed by atoms with Gasteiger partial charge in [-0.25, -0.2) is 4.39 Å². The molecule has 2 unspecified atom stereocenters. The molecule has 2 aliphatic heterocycles. The molecule has 1 aromatic rings. The molecule has 2 heterocycles. The van der Waals surface area contributed by atoms with Gasteiger partial charge in [0.15, 0.2) is 0 Å². The van der Waals surface area contributed by atoms with Crippen LogP contribution in [0.15, 0.2) is 18.2 Å². The number of aryl methyl sites for hydroxylation is 1. The highest BCUT2D eigenvalue weighted by Gasteiger charge is 2.30. The number of rotatable bonds is 4. The van der Waals surface area contributed by atoms with Crippen molar-refractivity contribution in [2.45, 2.75) is 38.3 Å². The van der Waals surface area contributed by atoms with Crippen LogP contribution in [0, 0.1) is 12.7 Å². The van der Waals surface area contributed by atoms with Crippen LogP contribution in [-0.4, -0.2) is 53.7 Å². The third-order valence-corrected chi connectivity index (χ3v) is 4.97. The molecule has 2 aliphatic rings. The molecule has 116 valence electrons. The summed E-state index contributed by atoms with van der Waals surface area (Å²) in [6.45, 7) is 7.25. The fourth-order valence-corrected chi connectivity index (χ4v) is 3.55. The summed E-state index contributed by atoms with van der Waals surface area (Å²) >= 11 is 0. The van der Waals surface area contributed by atoms with Crippen molar-refractivity contribution in [3.05, 3.63) is 35.1 Å². The van der Waals surface area contributed by atoms with Gasteiger partial charge in [-0.05, 0) is 49.9 Å². The lowest BCUT2D eigenvalue weighted by atomic mass is 10.0. The largest absolute Gasteiger partial charge is 0.388 e. The summed E-state index contributed by atoms with van der Waals surface area (Å²) in [6.07, 6.45) is 2.74. The number of hydrogen-bond acceptors (Lipinski definition) is 3. The molecular weight excluding hydrogens is 267 g/mol. The summed E-state index contributed by atoms with van der Waals surface area (Å²) < 4.78 is 13.6. The highest BCUT2D eigenvalue weighted by molar-refractivity contribution is 5.24. The monoisotopic (exact) mass is 292 g/mol. The normalized spacial score (nSPS) is 25.0. The van der Waals surface area contributed by atoms with E-state index in [0.717, 1.165) is 26.2 Å². The molecule has 0 spiro atoms. The molecular formula is C17H25FN2O. The third-order valence-electron chi connectivity index (χ3n) is 4.97. The Morgan fingerprint density at radius 1 is 1.33 bits per heavy atom. The van der Waals surface area contributed by atoms with Crippen LogP contribution < -0.4 is 0 Å². The number of piperazine rings is 1. The number of aliphatic hydroxyl groups excluding tert-OH is 1. The van der Waals surface area contributed by atoms with E-state index in [9.17, 15) is 9.50 Å². The molecule has 21 heavy (non-hydrogen) atoms. The highest BCUT2D eigenvalue weighted by Crippen LogP contribution is 2.23. The van der Waals surface area contributed by atoms with E-state index in [1.807, 2.05) is 6.07 Å². The Kier molecular flexibility index (Phi) is 4.57. The second-order valence-corrected chi connectivity index (χ2v) is 6.45. The van der Waals surface area contributed by atoms with Gasteiger partial charge in [-0.1, -0.05) is 12.1 Å². The highest BCUT2D eigenvalue weighted by atomic mass is 19.1. The Morgan fingerprint density at radius 3 is 3.00 bits per heavy atom. The first-order valence-corrected chi connectivity index (χ1v) is 8.04. The van der Waals surface area contributed by atoms with Crippen molar-refractivity contribution < 1.29 is 9.50 Å². The van der Waals surface area contributed by atoms with Gasteiger partial charge in [0.05, 0.1) is 6.10 Å². The molecule has 0 bridgehead atoms. The summed E-state index contributed by atoms with van der Waals surface area (Å²) in [5, 5.41) is 10.3. The first kappa shape index (κ1) is 14.9. The van der Waals surface area contributed by atoms with Crippen LogP contribution >= 0.6 is 0 Å². The number of hydrogen-bond donors (Lipinski definition) is 1. The first-order chi connectivity index (χ1) is 10.1. The number of halogens is 1. The molecule has 2 atom stereocenters. The zero-order chi connectivity index (χ0) is 14.8. The second-order valence-electron chi connectivity index (χ2n) is 6.45. The minimum Gasteiger partial charge on any atom is -0.388 e. The summed E-state index contributed by atoms with van der Waals surface area (Å²) in [4.78, 5) is 5.03. The molecule has 0 aromatic heterocycles. The minimum atomic E-state index is -0.568. The number of fused-ring (bicyclic) bond motifs is 1. The molecule has 4 heteroatoms. The van der Waals surface area contributed by atoms with Gasteiger partial charge >= 0.3 is 0 Å². The van der Waals surface area contributed by atoms with Crippen LogP contribution in [0.25, 0.3) is 0 Å². The Bertz CT molecular complexity index is 494. The summed E-state index contributed by atoms with van der Waals surface area (Å²) in [5.74, 6) is -0.230. The molecule has 1 aromatic carbocycles. The molecule has 1 N–H and O–H groups in total. The average molecular weight is 292 g/mol. The zero-order valence-corrected chi connectivity index (χ0v) is 12.8. The lowest BCUT2D eigenvalue weighted by Gasteiger charge is -2.37. The second kappa shape index (κ2) is 6.42. The van der Waals surface area contributed by atoms with Crippen LogP contribution in [-0.2, 0) is 0 Å². The third kappa shape index (κ3) is 3.44. The molecule has 2 saturated heterocycles. The standard InChI is InChI=1S/C17H25FN2O/c1-13-4-5-14(11-16(13)18)17(21)6-8-19-9-10-20-7-2-3-15(20)12-19/h4-5,11,15,17,21H,2-3,6-10,12H2,1H3. The van der Waals surface area contributed by atoms with Gasteiger partial charge in [0.2, 0.25) is 0 Å². The van der Waals surface area contributed by atoms with Crippen LogP contribution in [0.3, 0.4) is 0 Å². The first-order valence-electron chi connectivity index (χ1n) is 8.04. The maximum absolute atomic E-state index is 13.6. The van der Waals surface area contributed by atoms with Crippen LogP contribution in [0.5, 0.6) is 0 Å². The Morgan fingerprint density at radius 2 is 2.19 bits per heavy atom. The molecule has 3 nitrogen and oxygen atoms in total. The van der Waals surface area contributed by atoms with E-state index < -0.39 is 6.10 Å². The number of aliphatic hydroxyl groups is 1. The van der Waals surface area contributed by atoms with E-state index in [2.05, 4.69) is 9.80 Å². The van der Waals surface area contributed by atoms with Crippen molar-refractivity contribution in [3.8, 4) is 0 Å². The fourth-order valence-electron chi connectivity index (χ4n) is 3.55. The van der Waals surface area contributed by atoms with Crippen molar-refractivity contribution in [3.63, 3.8) is 0 Å². The minimum absolute atomic E-state index is 0.230. The number of benzene rings is 1. The average Bonchev–Trinajstić information content (AvgIpc) is 2.95. The SMILES string of the molecule is Cc1ccc(C(O)CCN2CCN3CCCC3C2)cc1F. The van der Waals surface area contributed by atoms with Crippen molar-refractivity contribution in [1.82, 2.24) is 9.80 Å². The topological polar surface area (TPSA) is 26.7 Å². The van der Waals surface area contributed by atoms with Crippen molar-refractivity contribution in [2.75, 3.05) is 32.7 Å². The van der Waals surface area contributed by atoms with Crippen LogP contribution in [0.1, 0.15) is 36.5 Å². The zero-order valence-electron chi connectivity index (χ0n) is 12.8. The molecule has 2 fully saturated rings. The van der Waals surface area contributed by atoms with Gasteiger partial charge in [-0.2, -0.15) is 0 Å². The van der Waals surface area contributed by atoms with Gasteiger partial charge in [0, 0.05) is 32.2 Å². The fraction of sp³-hybridized carbons (Fsp3) is 0.647. The van der Waals surface area contributed by atoms with Crippen LogP contribution in [0.4, 0.5) is 4.39 Å². The van der Waals surface area contributed by atoms with Gasteiger partial charge in [0.25, 0.3) is 0 Å². The molecule has 3 rings (SSSR count). The van der Waals surface area contributed by atoms with Crippen LogP contribution in [0.2, 0.25) is 0 Å². The molecule has 0 saturated carbocycles. The van der Waals surface area contributed by atoms with E-state index in [0.29, 0.717) is 23.6 Å². The van der Waals surface area contributed by atoms with E-state index >= 15 is 0 Å². The maximum Gasteiger partial charge on any atom is 0.126 e. The molecule has 0 amide bonds. The van der Waals surface area contributed by atoms with E-state index in [1.54, 1.807) is 13.0 Å². The smallest absolute Gasteiger partial charge is 0.126 e. The Hall–Kier alpha value is -0.970. The van der Waals surface area contributed by atoms with E-state index in [4.69, 9.17) is 0 Å². The van der Waals surface area contributed by atoms with Crippen molar-refractivity contribution in [2.24, 2.45) is 0 Å². The van der Waals surface area contributed by atoms with Crippen molar-refractivity contribution >= 4 is 0 Å². The summed E-state index contributed by atoms with van der Waals surface area (Å²) in [5.41, 5.74) is 1.32. The lowest BCUT2D eigenvalue weighted by molar-refractivity contribution is 0.0834.